The number of hydrogen-bond acceptors (Lipinski definition) is 1. The molecule has 1 heteroatoms. The molecule has 20 heavy (non-hydrogen) atoms. The van der Waals surface area contributed by atoms with Crippen molar-refractivity contribution in [3.05, 3.63) is 47.5 Å². The van der Waals surface area contributed by atoms with Crippen molar-refractivity contribution in [2.45, 2.75) is 39.7 Å². The predicted octanol–water partition coefficient (Wildman–Crippen LogP) is 4.48. The van der Waals surface area contributed by atoms with Crippen LogP contribution in [-0.2, 0) is 11.2 Å². The Balaban J connectivity index is 1.70. The molecule has 2 aliphatic rings. The maximum absolute atomic E-state index is 6.24. The van der Waals surface area contributed by atoms with Gasteiger partial charge in [0.05, 0.1) is 12.7 Å². The van der Waals surface area contributed by atoms with Crippen molar-refractivity contribution in [2.75, 3.05) is 6.61 Å². The minimum absolute atomic E-state index is 0.408. The Morgan fingerprint density at radius 3 is 2.65 bits per heavy atom. The van der Waals surface area contributed by atoms with Crippen molar-refractivity contribution >= 4 is 0 Å². The van der Waals surface area contributed by atoms with Gasteiger partial charge >= 0.3 is 0 Å². The molecule has 5 atom stereocenters. The molecule has 2 bridgehead atoms. The van der Waals surface area contributed by atoms with Gasteiger partial charge in [-0.25, -0.2) is 0 Å². The number of ether oxygens (including phenoxy) is 1. The summed E-state index contributed by atoms with van der Waals surface area (Å²) in [6, 6.07) is 10.8. The normalized spacial score (nSPS) is 36.5. The second-order valence-corrected chi connectivity index (χ2v) is 6.71. The van der Waals surface area contributed by atoms with Gasteiger partial charge in [0, 0.05) is 5.92 Å². The Morgan fingerprint density at radius 2 is 1.90 bits per heavy atom. The van der Waals surface area contributed by atoms with Crippen molar-refractivity contribution in [1.82, 2.24) is 0 Å². The lowest BCUT2D eigenvalue weighted by Crippen LogP contribution is -2.46. The molecule has 0 aromatic heterocycles. The zero-order valence-corrected chi connectivity index (χ0v) is 12.9. The third kappa shape index (κ3) is 2.56. The first-order chi connectivity index (χ1) is 9.66. The lowest BCUT2D eigenvalue weighted by atomic mass is 9.65. The standard InChI is InChI=1S/C19H26O/c1-13-11-14(2)19-15(3)17(13)12-20-18(19)10-9-16-7-5-4-6-8-16/h4-8,11,13,15,17-19H,9-10,12H2,1-3H3/t13-,15-,17+,18-,19-/m0/s1. The second-order valence-electron chi connectivity index (χ2n) is 6.71. The minimum Gasteiger partial charge on any atom is -0.377 e. The van der Waals surface area contributed by atoms with Crippen molar-refractivity contribution in [1.29, 1.82) is 0 Å². The van der Waals surface area contributed by atoms with E-state index in [0.717, 1.165) is 31.3 Å². The van der Waals surface area contributed by atoms with Crippen molar-refractivity contribution in [2.24, 2.45) is 23.7 Å². The molecule has 1 aliphatic heterocycles. The van der Waals surface area contributed by atoms with Gasteiger partial charge in [0.1, 0.15) is 0 Å². The average molecular weight is 270 g/mol. The Kier molecular flexibility index (Phi) is 3.98. The molecular formula is C19H26O. The van der Waals surface area contributed by atoms with Gasteiger partial charge in [-0.05, 0) is 43.1 Å². The quantitative estimate of drug-likeness (QED) is 0.736. The Labute approximate surface area is 123 Å². The summed E-state index contributed by atoms with van der Waals surface area (Å²) >= 11 is 0. The summed E-state index contributed by atoms with van der Waals surface area (Å²) in [5, 5.41) is 0. The molecule has 0 unspecified atom stereocenters. The Bertz CT molecular complexity index is 476. The van der Waals surface area contributed by atoms with Gasteiger partial charge in [-0.2, -0.15) is 0 Å². The van der Waals surface area contributed by atoms with Crippen LogP contribution in [0.25, 0.3) is 0 Å². The van der Waals surface area contributed by atoms with Crippen LogP contribution in [0, 0.1) is 23.7 Å². The summed E-state index contributed by atoms with van der Waals surface area (Å²) in [5.41, 5.74) is 2.98. The molecule has 1 heterocycles. The molecule has 1 saturated heterocycles. The second kappa shape index (κ2) is 5.73. The fraction of sp³-hybridized carbons (Fsp3) is 0.579. The van der Waals surface area contributed by atoms with E-state index in [9.17, 15) is 0 Å². The van der Waals surface area contributed by atoms with Gasteiger partial charge < -0.3 is 4.74 Å². The lowest BCUT2D eigenvalue weighted by Gasteiger charge is -2.47. The van der Waals surface area contributed by atoms with Gasteiger partial charge in [-0.1, -0.05) is 55.8 Å². The maximum atomic E-state index is 6.24. The summed E-state index contributed by atoms with van der Waals surface area (Å²) in [7, 11) is 0. The molecule has 1 aromatic carbocycles. The molecule has 0 N–H and O–H groups in total. The van der Waals surface area contributed by atoms with E-state index < -0.39 is 0 Å². The summed E-state index contributed by atoms with van der Waals surface area (Å²) < 4.78 is 6.24. The van der Waals surface area contributed by atoms with E-state index in [4.69, 9.17) is 4.74 Å². The van der Waals surface area contributed by atoms with Crippen LogP contribution in [-0.4, -0.2) is 12.7 Å². The van der Waals surface area contributed by atoms with E-state index in [-0.39, 0.29) is 0 Å². The Morgan fingerprint density at radius 1 is 1.15 bits per heavy atom. The van der Waals surface area contributed by atoms with E-state index >= 15 is 0 Å². The number of rotatable bonds is 3. The van der Waals surface area contributed by atoms with Crippen LogP contribution in [0.1, 0.15) is 32.8 Å². The van der Waals surface area contributed by atoms with Crippen molar-refractivity contribution < 1.29 is 4.74 Å². The zero-order valence-electron chi connectivity index (χ0n) is 12.9. The van der Waals surface area contributed by atoms with Gasteiger partial charge in [0.2, 0.25) is 0 Å². The first-order valence-electron chi connectivity index (χ1n) is 8.00. The SMILES string of the molecule is CC1=C[C@H](C)[C@H]2CO[C@@H](CCc3ccccc3)[C@@H]1[C@H]2C. The molecule has 3 rings (SSSR count). The Hall–Kier alpha value is -1.08. The van der Waals surface area contributed by atoms with Crippen LogP contribution in [0.3, 0.4) is 0 Å². The highest BCUT2D eigenvalue weighted by atomic mass is 16.5. The first-order valence-corrected chi connectivity index (χ1v) is 8.00. The molecule has 0 spiro atoms. The first kappa shape index (κ1) is 13.9. The molecule has 0 amide bonds. The number of benzene rings is 1. The average Bonchev–Trinajstić information content (AvgIpc) is 2.44. The highest BCUT2D eigenvalue weighted by Gasteiger charge is 2.42. The number of fused-ring (bicyclic) bond motifs is 2. The van der Waals surface area contributed by atoms with E-state index in [2.05, 4.69) is 57.2 Å². The molecule has 1 aromatic rings. The summed E-state index contributed by atoms with van der Waals surface area (Å²) in [6.45, 7) is 8.02. The molecule has 0 saturated carbocycles. The molecule has 108 valence electrons. The third-order valence-corrected chi connectivity index (χ3v) is 5.43. The van der Waals surface area contributed by atoms with E-state index in [1.165, 1.54) is 5.56 Å². The molecule has 0 radical (unpaired) electrons. The van der Waals surface area contributed by atoms with Crippen LogP contribution in [0.2, 0.25) is 0 Å². The fourth-order valence-corrected chi connectivity index (χ4v) is 4.30. The summed E-state index contributed by atoms with van der Waals surface area (Å²) in [4.78, 5) is 0. The van der Waals surface area contributed by atoms with E-state index in [0.29, 0.717) is 17.9 Å². The van der Waals surface area contributed by atoms with Crippen molar-refractivity contribution in [3.8, 4) is 0 Å². The summed E-state index contributed by atoms with van der Waals surface area (Å²) in [6.07, 6.45) is 5.17. The summed E-state index contributed by atoms with van der Waals surface area (Å²) in [5.74, 6) is 2.80. The molecular weight excluding hydrogens is 244 g/mol. The highest BCUT2D eigenvalue weighted by molar-refractivity contribution is 5.18. The topological polar surface area (TPSA) is 9.23 Å². The van der Waals surface area contributed by atoms with Gasteiger partial charge in [-0.3, -0.25) is 0 Å². The largest absolute Gasteiger partial charge is 0.377 e. The molecule has 1 nitrogen and oxygen atoms in total. The number of hydrogen-bond donors (Lipinski definition) is 0. The van der Waals surface area contributed by atoms with Crippen LogP contribution in [0.5, 0.6) is 0 Å². The number of allylic oxidation sites excluding steroid dienone is 1. The van der Waals surface area contributed by atoms with E-state index in [1.807, 2.05) is 0 Å². The van der Waals surface area contributed by atoms with Gasteiger partial charge in [-0.15, -0.1) is 0 Å². The van der Waals surface area contributed by atoms with Crippen LogP contribution in [0.4, 0.5) is 0 Å². The third-order valence-electron chi connectivity index (χ3n) is 5.43. The van der Waals surface area contributed by atoms with E-state index in [1.54, 1.807) is 5.57 Å². The van der Waals surface area contributed by atoms with Crippen LogP contribution >= 0.6 is 0 Å². The van der Waals surface area contributed by atoms with Crippen LogP contribution < -0.4 is 0 Å². The number of aryl methyl sites for hydroxylation is 1. The monoisotopic (exact) mass is 270 g/mol. The van der Waals surface area contributed by atoms with Crippen LogP contribution in [0.15, 0.2) is 42.0 Å². The lowest BCUT2D eigenvalue weighted by molar-refractivity contribution is -0.0935. The minimum atomic E-state index is 0.408. The van der Waals surface area contributed by atoms with Gasteiger partial charge in [0.25, 0.3) is 0 Å². The zero-order chi connectivity index (χ0) is 14.1. The molecule has 1 aliphatic carbocycles. The maximum Gasteiger partial charge on any atom is 0.0646 e. The predicted molar refractivity (Wildman–Crippen MR) is 83.6 cm³/mol. The molecule has 1 fully saturated rings. The van der Waals surface area contributed by atoms with Gasteiger partial charge in [0.15, 0.2) is 0 Å². The fourth-order valence-electron chi connectivity index (χ4n) is 4.30. The highest BCUT2D eigenvalue weighted by Crippen LogP contribution is 2.45. The van der Waals surface area contributed by atoms with Crippen molar-refractivity contribution in [3.63, 3.8) is 0 Å². The smallest absolute Gasteiger partial charge is 0.0646 e.